The van der Waals surface area contributed by atoms with Gasteiger partial charge in [0.2, 0.25) is 5.91 Å². The lowest BCUT2D eigenvalue weighted by Gasteiger charge is -2.36. The molecule has 130 valence electrons. The third-order valence-corrected chi connectivity index (χ3v) is 5.26. The van der Waals surface area contributed by atoms with E-state index in [1.54, 1.807) is 0 Å². The first-order chi connectivity index (χ1) is 11.8. The maximum absolute atomic E-state index is 12.4. The van der Waals surface area contributed by atoms with Crippen LogP contribution in [0.15, 0.2) is 12.1 Å². The highest BCUT2D eigenvalue weighted by Crippen LogP contribution is 2.21. The molecule has 0 aromatic carbocycles. The molecule has 0 spiro atoms. The second kappa shape index (κ2) is 6.93. The molecule has 3 aliphatic heterocycles. The van der Waals surface area contributed by atoms with Gasteiger partial charge in [-0.25, -0.2) is 0 Å². The van der Waals surface area contributed by atoms with E-state index in [-0.39, 0.29) is 11.8 Å². The summed E-state index contributed by atoms with van der Waals surface area (Å²) in [6.45, 7) is 6.61. The summed E-state index contributed by atoms with van der Waals surface area (Å²) in [5.74, 6) is 2.21. The summed E-state index contributed by atoms with van der Waals surface area (Å²) in [6.07, 6.45) is 3.35. The van der Waals surface area contributed by atoms with Crippen molar-refractivity contribution in [2.75, 3.05) is 62.3 Å². The van der Waals surface area contributed by atoms with Gasteiger partial charge in [0.05, 0.1) is 12.5 Å². The van der Waals surface area contributed by atoms with Gasteiger partial charge in [0.15, 0.2) is 11.6 Å². The minimum absolute atomic E-state index is 0.0658. The van der Waals surface area contributed by atoms with Crippen molar-refractivity contribution >= 4 is 17.5 Å². The maximum Gasteiger partial charge on any atom is 0.228 e. The predicted octanol–water partition coefficient (Wildman–Crippen LogP) is 0.762. The molecule has 3 saturated heterocycles. The van der Waals surface area contributed by atoms with Crippen molar-refractivity contribution in [1.29, 1.82) is 0 Å². The molecule has 1 aromatic heterocycles. The van der Waals surface area contributed by atoms with E-state index in [0.29, 0.717) is 6.61 Å². The minimum Gasteiger partial charge on any atom is -0.381 e. The summed E-state index contributed by atoms with van der Waals surface area (Å²) in [6, 6.07) is 4.13. The van der Waals surface area contributed by atoms with Crippen molar-refractivity contribution in [3.8, 4) is 0 Å². The van der Waals surface area contributed by atoms with Gasteiger partial charge in [-0.15, -0.1) is 10.2 Å². The SMILES string of the molecule is O=C(C1CCOC1)N1CCN(c2ccc(N3CCCC3)nn2)CC1. The summed E-state index contributed by atoms with van der Waals surface area (Å²) in [4.78, 5) is 18.9. The van der Waals surface area contributed by atoms with Gasteiger partial charge in [0.25, 0.3) is 0 Å². The Bertz CT molecular complexity index is 559. The zero-order valence-electron chi connectivity index (χ0n) is 14.1. The molecule has 24 heavy (non-hydrogen) atoms. The van der Waals surface area contributed by atoms with Gasteiger partial charge in [-0.1, -0.05) is 0 Å². The zero-order valence-corrected chi connectivity index (χ0v) is 14.1. The fourth-order valence-corrected chi connectivity index (χ4v) is 3.75. The Labute approximate surface area is 142 Å². The van der Waals surface area contributed by atoms with Gasteiger partial charge >= 0.3 is 0 Å². The Balaban J connectivity index is 1.32. The van der Waals surface area contributed by atoms with Crippen LogP contribution in [0.4, 0.5) is 11.6 Å². The van der Waals surface area contributed by atoms with Crippen LogP contribution in [0.25, 0.3) is 0 Å². The van der Waals surface area contributed by atoms with Gasteiger partial charge in [-0.2, -0.15) is 0 Å². The van der Waals surface area contributed by atoms with E-state index >= 15 is 0 Å². The molecule has 0 radical (unpaired) electrons. The maximum atomic E-state index is 12.4. The normalized spacial score (nSPS) is 24.7. The summed E-state index contributed by atoms with van der Waals surface area (Å²) < 4.78 is 5.33. The number of hydrogen-bond acceptors (Lipinski definition) is 6. The molecular weight excluding hydrogens is 306 g/mol. The van der Waals surface area contributed by atoms with Crippen LogP contribution in [-0.2, 0) is 9.53 Å². The molecule has 0 N–H and O–H groups in total. The molecule has 4 rings (SSSR count). The lowest BCUT2D eigenvalue weighted by Crippen LogP contribution is -2.50. The number of nitrogens with zero attached hydrogens (tertiary/aromatic N) is 5. The molecule has 7 heteroatoms. The van der Waals surface area contributed by atoms with Gasteiger partial charge < -0.3 is 19.4 Å². The quantitative estimate of drug-likeness (QED) is 0.815. The molecule has 0 saturated carbocycles. The minimum atomic E-state index is 0.0658. The van der Waals surface area contributed by atoms with Crippen LogP contribution in [0.3, 0.4) is 0 Å². The lowest BCUT2D eigenvalue weighted by atomic mass is 10.1. The fourth-order valence-electron chi connectivity index (χ4n) is 3.75. The molecule has 1 amide bonds. The summed E-state index contributed by atoms with van der Waals surface area (Å²) in [7, 11) is 0. The van der Waals surface area contributed by atoms with Crippen LogP contribution in [0, 0.1) is 5.92 Å². The van der Waals surface area contributed by atoms with Crippen LogP contribution >= 0.6 is 0 Å². The number of aromatic nitrogens is 2. The van der Waals surface area contributed by atoms with Crippen LogP contribution in [0.1, 0.15) is 19.3 Å². The van der Waals surface area contributed by atoms with Crippen molar-refractivity contribution in [3.63, 3.8) is 0 Å². The number of amides is 1. The van der Waals surface area contributed by atoms with Crippen molar-refractivity contribution in [2.45, 2.75) is 19.3 Å². The van der Waals surface area contributed by atoms with Crippen LogP contribution < -0.4 is 9.80 Å². The molecular formula is C17H25N5O2. The molecule has 4 heterocycles. The lowest BCUT2D eigenvalue weighted by molar-refractivity contribution is -0.135. The average molecular weight is 331 g/mol. The molecule has 1 atom stereocenters. The van der Waals surface area contributed by atoms with Crippen LogP contribution in [0.5, 0.6) is 0 Å². The molecule has 3 aliphatic rings. The Hall–Kier alpha value is -1.89. The topological polar surface area (TPSA) is 61.8 Å². The van der Waals surface area contributed by atoms with Gasteiger partial charge in [0.1, 0.15) is 0 Å². The summed E-state index contributed by atoms with van der Waals surface area (Å²) in [5.41, 5.74) is 0. The Kier molecular flexibility index (Phi) is 4.51. The molecule has 3 fully saturated rings. The first-order valence-electron chi connectivity index (χ1n) is 9.01. The fraction of sp³-hybridized carbons (Fsp3) is 0.706. The Morgan fingerprint density at radius 2 is 1.58 bits per heavy atom. The van der Waals surface area contributed by atoms with E-state index in [2.05, 4.69) is 32.1 Å². The van der Waals surface area contributed by atoms with Gasteiger partial charge in [-0.05, 0) is 31.4 Å². The highest BCUT2D eigenvalue weighted by molar-refractivity contribution is 5.79. The van der Waals surface area contributed by atoms with Crippen LogP contribution in [-0.4, -0.2) is 73.5 Å². The van der Waals surface area contributed by atoms with E-state index < -0.39 is 0 Å². The number of carbonyl (C=O) groups excluding carboxylic acids is 1. The van der Waals surface area contributed by atoms with E-state index in [4.69, 9.17) is 4.74 Å². The first-order valence-corrected chi connectivity index (χ1v) is 9.01. The van der Waals surface area contributed by atoms with Gasteiger partial charge in [-0.3, -0.25) is 4.79 Å². The van der Waals surface area contributed by atoms with Crippen LogP contribution in [0.2, 0.25) is 0 Å². The Morgan fingerprint density at radius 1 is 0.958 bits per heavy atom. The summed E-state index contributed by atoms with van der Waals surface area (Å²) in [5, 5.41) is 8.80. The number of anilines is 2. The van der Waals surface area contributed by atoms with Gasteiger partial charge in [0, 0.05) is 45.9 Å². The predicted molar refractivity (Wildman–Crippen MR) is 91.2 cm³/mol. The molecule has 0 aliphatic carbocycles. The smallest absolute Gasteiger partial charge is 0.228 e. The third-order valence-electron chi connectivity index (χ3n) is 5.26. The molecule has 0 bridgehead atoms. The third kappa shape index (κ3) is 3.17. The monoisotopic (exact) mass is 331 g/mol. The van der Waals surface area contributed by atoms with E-state index in [1.807, 2.05) is 4.90 Å². The number of piperazine rings is 1. The Morgan fingerprint density at radius 3 is 2.12 bits per heavy atom. The number of ether oxygens (including phenoxy) is 1. The van der Waals surface area contributed by atoms with Crippen molar-refractivity contribution < 1.29 is 9.53 Å². The molecule has 1 unspecified atom stereocenters. The van der Waals surface area contributed by atoms with E-state index in [9.17, 15) is 4.79 Å². The van der Waals surface area contributed by atoms with Crippen molar-refractivity contribution in [1.82, 2.24) is 15.1 Å². The first kappa shape index (κ1) is 15.6. The largest absolute Gasteiger partial charge is 0.381 e. The average Bonchev–Trinajstić information content (AvgIpc) is 3.35. The second-order valence-electron chi connectivity index (χ2n) is 6.82. The van der Waals surface area contributed by atoms with E-state index in [0.717, 1.165) is 63.9 Å². The highest BCUT2D eigenvalue weighted by Gasteiger charge is 2.30. The zero-order chi connectivity index (χ0) is 16.4. The molecule has 7 nitrogen and oxygen atoms in total. The second-order valence-corrected chi connectivity index (χ2v) is 6.82. The standard InChI is InChI=1S/C17H25N5O2/c23-17(14-5-12-24-13-14)22-10-8-21(9-11-22)16-4-3-15(18-19-16)20-6-1-2-7-20/h3-4,14H,1-2,5-13H2. The highest BCUT2D eigenvalue weighted by atomic mass is 16.5. The number of carbonyl (C=O) groups is 1. The van der Waals surface area contributed by atoms with Crippen molar-refractivity contribution in [3.05, 3.63) is 12.1 Å². The number of hydrogen-bond donors (Lipinski definition) is 0. The molecule has 1 aromatic rings. The van der Waals surface area contributed by atoms with Crippen molar-refractivity contribution in [2.24, 2.45) is 5.92 Å². The number of rotatable bonds is 3. The van der Waals surface area contributed by atoms with E-state index in [1.165, 1.54) is 12.8 Å². The summed E-state index contributed by atoms with van der Waals surface area (Å²) >= 11 is 0.